The van der Waals surface area contributed by atoms with Crippen molar-refractivity contribution in [3.63, 3.8) is 0 Å². The van der Waals surface area contributed by atoms with E-state index in [2.05, 4.69) is 0 Å². The van der Waals surface area contributed by atoms with E-state index in [0.29, 0.717) is 6.61 Å². The fourth-order valence-electron chi connectivity index (χ4n) is 1.96. The summed E-state index contributed by atoms with van der Waals surface area (Å²) in [6.07, 6.45) is -0.290. The van der Waals surface area contributed by atoms with Gasteiger partial charge in [-0.3, -0.25) is 0 Å². The van der Waals surface area contributed by atoms with Gasteiger partial charge in [0.05, 0.1) is 17.7 Å². The minimum atomic E-state index is -1.22. The van der Waals surface area contributed by atoms with Crippen LogP contribution in [0, 0.1) is 0 Å². The zero-order valence-electron chi connectivity index (χ0n) is 11.7. The first-order valence-corrected chi connectivity index (χ1v) is 6.33. The van der Waals surface area contributed by atoms with Crippen molar-refractivity contribution in [2.24, 2.45) is 0 Å². The third-order valence-corrected chi connectivity index (χ3v) is 2.90. The predicted molar refractivity (Wildman–Crippen MR) is 70.8 cm³/mol. The number of carbonyl (C=O) groups is 2. The lowest BCUT2D eigenvalue weighted by atomic mass is 10.1. The van der Waals surface area contributed by atoms with Gasteiger partial charge < -0.3 is 24.4 Å². The fraction of sp³-hybridized carbons (Fsp3) is 0.429. The number of carboxylic acids is 2. The first-order valence-electron chi connectivity index (χ1n) is 6.33. The highest BCUT2D eigenvalue weighted by Crippen LogP contribution is 2.24. The standard InChI is InChI=1S/C14H16O7/c1-14(2)20-7-11(21-14)6-19-10-4-8(12(15)16)3-9(5-10)13(17)18/h3-5,11H,6-7H2,1-2H3,(H,15,16)(H,17,18)/t11-/m0/s1. The highest BCUT2D eigenvalue weighted by Gasteiger charge is 2.33. The van der Waals surface area contributed by atoms with Crippen LogP contribution in [0.15, 0.2) is 18.2 Å². The summed E-state index contributed by atoms with van der Waals surface area (Å²) in [5.74, 6) is -2.95. The van der Waals surface area contributed by atoms with Gasteiger partial charge in [-0.2, -0.15) is 0 Å². The molecule has 1 heterocycles. The van der Waals surface area contributed by atoms with E-state index >= 15 is 0 Å². The normalized spacial score (nSPS) is 20.2. The quantitative estimate of drug-likeness (QED) is 0.851. The van der Waals surface area contributed by atoms with E-state index in [-0.39, 0.29) is 29.6 Å². The summed E-state index contributed by atoms with van der Waals surface area (Å²) in [5.41, 5.74) is -0.289. The van der Waals surface area contributed by atoms with E-state index in [4.69, 9.17) is 24.4 Å². The molecule has 2 rings (SSSR count). The summed E-state index contributed by atoms with van der Waals surface area (Å²) >= 11 is 0. The Morgan fingerprint density at radius 3 is 2.24 bits per heavy atom. The molecule has 7 heteroatoms. The Balaban J connectivity index is 2.09. The molecule has 0 bridgehead atoms. The number of rotatable bonds is 5. The van der Waals surface area contributed by atoms with E-state index in [0.717, 1.165) is 6.07 Å². The van der Waals surface area contributed by atoms with Crippen LogP contribution < -0.4 is 4.74 Å². The van der Waals surface area contributed by atoms with Crippen molar-refractivity contribution in [3.8, 4) is 5.75 Å². The average molecular weight is 296 g/mol. The van der Waals surface area contributed by atoms with Crippen LogP contribution in [0.2, 0.25) is 0 Å². The molecule has 1 aromatic rings. The van der Waals surface area contributed by atoms with Crippen LogP contribution in [0.3, 0.4) is 0 Å². The lowest BCUT2D eigenvalue weighted by Crippen LogP contribution is -2.25. The van der Waals surface area contributed by atoms with Gasteiger partial charge in [-0.25, -0.2) is 9.59 Å². The van der Waals surface area contributed by atoms with Gasteiger partial charge in [-0.05, 0) is 32.0 Å². The van der Waals surface area contributed by atoms with E-state index in [1.807, 2.05) is 0 Å². The molecule has 1 aliphatic heterocycles. The largest absolute Gasteiger partial charge is 0.491 e. The fourth-order valence-corrected chi connectivity index (χ4v) is 1.96. The molecule has 0 aromatic heterocycles. The summed E-state index contributed by atoms with van der Waals surface area (Å²) in [4.78, 5) is 22.0. The van der Waals surface area contributed by atoms with Crippen molar-refractivity contribution in [1.29, 1.82) is 0 Å². The Kier molecular flexibility index (Phi) is 4.15. The Morgan fingerprint density at radius 1 is 1.24 bits per heavy atom. The number of carboxylic acid groups (broad SMARTS) is 2. The zero-order valence-corrected chi connectivity index (χ0v) is 11.7. The predicted octanol–water partition coefficient (Wildman–Crippen LogP) is 1.61. The molecule has 1 aliphatic rings. The first-order chi connectivity index (χ1) is 9.77. The smallest absolute Gasteiger partial charge is 0.335 e. The van der Waals surface area contributed by atoms with Gasteiger partial charge in [0, 0.05) is 0 Å². The minimum absolute atomic E-state index is 0.144. The van der Waals surface area contributed by atoms with Crippen molar-refractivity contribution in [1.82, 2.24) is 0 Å². The molecule has 0 spiro atoms. The lowest BCUT2D eigenvalue weighted by molar-refractivity contribution is -0.141. The van der Waals surface area contributed by atoms with Gasteiger partial charge in [-0.1, -0.05) is 0 Å². The van der Waals surface area contributed by atoms with Gasteiger partial charge in [0.1, 0.15) is 18.5 Å². The molecule has 1 saturated heterocycles. The second-order valence-corrected chi connectivity index (χ2v) is 5.12. The van der Waals surface area contributed by atoms with Gasteiger partial charge in [0.2, 0.25) is 0 Å². The molecule has 0 unspecified atom stereocenters. The maximum Gasteiger partial charge on any atom is 0.335 e. The summed E-state index contributed by atoms with van der Waals surface area (Å²) < 4.78 is 16.4. The molecule has 7 nitrogen and oxygen atoms in total. The third-order valence-electron chi connectivity index (χ3n) is 2.90. The number of aromatic carboxylic acids is 2. The van der Waals surface area contributed by atoms with E-state index in [9.17, 15) is 9.59 Å². The van der Waals surface area contributed by atoms with Gasteiger partial charge in [0.25, 0.3) is 0 Å². The molecule has 0 amide bonds. The molecule has 1 atom stereocenters. The summed E-state index contributed by atoms with van der Waals surface area (Å²) in [6, 6.07) is 3.63. The molecule has 21 heavy (non-hydrogen) atoms. The summed E-state index contributed by atoms with van der Waals surface area (Å²) in [7, 11) is 0. The third kappa shape index (κ3) is 3.93. The molecule has 1 fully saturated rings. The highest BCUT2D eigenvalue weighted by molar-refractivity contribution is 5.94. The van der Waals surface area contributed by atoms with E-state index in [1.54, 1.807) is 13.8 Å². The van der Waals surface area contributed by atoms with Crippen LogP contribution in [0.4, 0.5) is 0 Å². The Hall–Kier alpha value is -2.12. The van der Waals surface area contributed by atoms with E-state index in [1.165, 1.54) is 12.1 Å². The van der Waals surface area contributed by atoms with Gasteiger partial charge in [0.15, 0.2) is 5.79 Å². The van der Waals surface area contributed by atoms with Crippen LogP contribution in [0.1, 0.15) is 34.6 Å². The molecular formula is C14H16O7. The van der Waals surface area contributed by atoms with Crippen molar-refractivity contribution in [3.05, 3.63) is 29.3 Å². The molecule has 0 radical (unpaired) electrons. The minimum Gasteiger partial charge on any atom is -0.491 e. The van der Waals surface area contributed by atoms with Gasteiger partial charge >= 0.3 is 11.9 Å². The summed E-state index contributed by atoms with van der Waals surface area (Å²) in [5, 5.41) is 17.9. The van der Waals surface area contributed by atoms with Crippen LogP contribution in [0.25, 0.3) is 0 Å². The second-order valence-electron chi connectivity index (χ2n) is 5.12. The highest BCUT2D eigenvalue weighted by atomic mass is 16.7. The number of benzene rings is 1. The van der Waals surface area contributed by atoms with E-state index < -0.39 is 17.7 Å². The van der Waals surface area contributed by atoms with Crippen molar-refractivity contribution < 1.29 is 34.0 Å². The SMILES string of the molecule is CC1(C)OC[C@H](COc2cc(C(=O)O)cc(C(=O)O)c2)O1. The molecule has 1 aromatic carbocycles. The van der Waals surface area contributed by atoms with Crippen molar-refractivity contribution in [2.75, 3.05) is 13.2 Å². The van der Waals surface area contributed by atoms with Crippen molar-refractivity contribution >= 4 is 11.9 Å². The average Bonchev–Trinajstić information content (AvgIpc) is 2.75. The first kappa shape index (κ1) is 15.3. The second kappa shape index (κ2) is 5.71. The number of ether oxygens (including phenoxy) is 3. The lowest BCUT2D eigenvalue weighted by Gasteiger charge is -2.17. The molecule has 2 N–H and O–H groups in total. The Morgan fingerprint density at radius 2 is 1.81 bits per heavy atom. The summed E-state index contributed by atoms with van der Waals surface area (Å²) in [6.45, 7) is 4.06. The monoisotopic (exact) mass is 296 g/mol. The van der Waals surface area contributed by atoms with Crippen LogP contribution in [-0.4, -0.2) is 47.3 Å². The number of hydrogen-bond donors (Lipinski definition) is 2. The molecule has 0 saturated carbocycles. The Bertz CT molecular complexity index is 532. The van der Waals surface area contributed by atoms with Crippen LogP contribution >= 0.6 is 0 Å². The van der Waals surface area contributed by atoms with Crippen LogP contribution in [-0.2, 0) is 9.47 Å². The molecule has 0 aliphatic carbocycles. The van der Waals surface area contributed by atoms with Crippen LogP contribution in [0.5, 0.6) is 5.75 Å². The Labute approximate surface area is 121 Å². The van der Waals surface area contributed by atoms with Crippen molar-refractivity contribution in [2.45, 2.75) is 25.7 Å². The topological polar surface area (TPSA) is 102 Å². The zero-order chi connectivity index (χ0) is 15.6. The maximum absolute atomic E-state index is 11.0. The number of hydrogen-bond acceptors (Lipinski definition) is 5. The van der Waals surface area contributed by atoms with Gasteiger partial charge in [-0.15, -0.1) is 0 Å². The molecule has 114 valence electrons. The molecular weight excluding hydrogens is 280 g/mol. The maximum atomic E-state index is 11.0.